The monoisotopic (exact) mass is 391 g/mol. The van der Waals surface area contributed by atoms with E-state index in [0.717, 1.165) is 5.56 Å². The van der Waals surface area contributed by atoms with Gasteiger partial charge in [0.15, 0.2) is 6.10 Å². The average Bonchev–Trinajstić information content (AvgIpc) is 3.11. The van der Waals surface area contributed by atoms with Crippen LogP contribution in [0.15, 0.2) is 36.9 Å². The van der Waals surface area contributed by atoms with Crippen molar-refractivity contribution < 1.29 is 14.3 Å². The van der Waals surface area contributed by atoms with Gasteiger partial charge < -0.3 is 9.47 Å². The normalized spacial score (nSPS) is 13.5. The Morgan fingerprint density at radius 1 is 1.26 bits per heavy atom. The van der Waals surface area contributed by atoms with Crippen LogP contribution in [0.25, 0.3) is 11.8 Å². The van der Waals surface area contributed by atoms with E-state index in [2.05, 4.69) is 10.1 Å². The fourth-order valence-electron chi connectivity index (χ4n) is 2.38. The van der Waals surface area contributed by atoms with Crippen molar-refractivity contribution >= 4 is 29.5 Å². The van der Waals surface area contributed by atoms with Gasteiger partial charge in [-0.05, 0) is 29.7 Å². The van der Waals surface area contributed by atoms with Gasteiger partial charge in [0.1, 0.15) is 12.7 Å². The molecule has 0 saturated heterocycles. The van der Waals surface area contributed by atoms with Crippen molar-refractivity contribution in [1.29, 1.82) is 0 Å². The molecule has 0 N–H and O–H groups in total. The van der Waals surface area contributed by atoms with E-state index < -0.39 is 17.7 Å². The van der Waals surface area contributed by atoms with Crippen LogP contribution in [-0.2, 0) is 9.47 Å². The van der Waals surface area contributed by atoms with Crippen LogP contribution in [-0.4, -0.2) is 33.6 Å². The van der Waals surface area contributed by atoms with Gasteiger partial charge in [0.2, 0.25) is 0 Å². The fourth-order valence-corrected chi connectivity index (χ4v) is 2.51. The molecule has 1 unspecified atom stereocenters. The minimum atomic E-state index is -0.703. The highest BCUT2D eigenvalue weighted by Gasteiger charge is 2.34. The first-order chi connectivity index (χ1) is 12.7. The van der Waals surface area contributed by atoms with Crippen LogP contribution in [0, 0.1) is 11.3 Å². The summed E-state index contributed by atoms with van der Waals surface area (Å²) >= 11 is 5.98. The Kier molecular flexibility index (Phi) is 7.02. The summed E-state index contributed by atoms with van der Waals surface area (Å²) in [6, 6.07) is 7.37. The Balaban J connectivity index is 2.39. The summed E-state index contributed by atoms with van der Waals surface area (Å²) in [4.78, 5) is 16.3. The molecule has 0 fully saturated rings. The van der Waals surface area contributed by atoms with Gasteiger partial charge in [0.05, 0.1) is 12.3 Å². The summed E-state index contributed by atoms with van der Waals surface area (Å²) < 4.78 is 12.5. The maximum atomic E-state index is 12.2. The molecule has 1 aromatic heterocycles. The lowest BCUT2D eigenvalue weighted by atomic mass is 9.86. The van der Waals surface area contributed by atoms with Crippen molar-refractivity contribution in [3.8, 4) is 0 Å². The van der Waals surface area contributed by atoms with E-state index in [-0.39, 0.29) is 5.92 Å². The summed E-state index contributed by atoms with van der Waals surface area (Å²) in [6.45, 7) is 10.2. The van der Waals surface area contributed by atoms with Gasteiger partial charge >= 0.3 is 6.16 Å². The van der Waals surface area contributed by atoms with Crippen molar-refractivity contribution in [2.24, 2.45) is 11.3 Å². The molecule has 1 atom stereocenters. The first-order valence-corrected chi connectivity index (χ1v) is 9.20. The van der Waals surface area contributed by atoms with Crippen LogP contribution in [0.2, 0.25) is 5.02 Å². The number of hydrogen-bond acceptors (Lipinski definition) is 5. The second kappa shape index (κ2) is 9.04. The number of nitrogens with zero attached hydrogens (tertiary/aromatic N) is 3. The molecule has 0 aliphatic rings. The second-order valence-electron chi connectivity index (χ2n) is 7.78. The third-order valence-corrected chi connectivity index (χ3v) is 3.92. The summed E-state index contributed by atoms with van der Waals surface area (Å²) in [7, 11) is 0. The summed E-state index contributed by atoms with van der Waals surface area (Å²) in [5.74, 6) is 0.227. The minimum absolute atomic E-state index is 0.227. The predicted octanol–water partition coefficient (Wildman–Crippen LogP) is 5.15. The molecule has 2 rings (SSSR count). The standard InChI is InChI=1S/C20H26ClN3O3/c1-14(2)11-26-19(25)27-18(20(3,4)5)17(24-13-22-12-23-24)10-15-6-8-16(21)9-7-15/h6-10,12-14,18H,11H2,1-5H3/b17-10+. The van der Waals surface area contributed by atoms with E-state index in [1.165, 1.54) is 6.33 Å². The molecular weight excluding hydrogens is 366 g/mol. The van der Waals surface area contributed by atoms with Crippen LogP contribution in [0.4, 0.5) is 4.79 Å². The molecule has 0 amide bonds. The van der Waals surface area contributed by atoms with Crippen molar-refractivity contribution in [3.63, 3.8) is 0 Å². The van der Waals surface area contributed by atoms with Crippen LogP contribution in [0.5, 0.6) is 0 Å². The first-order valence-electron chi connectivity index (χ1n) is 8.82. The predicted molar refractivity (Wildman–Crippen MR) is 106 cm³/mol. The molecule has 0 spiro atoms. The number of carbonyl (C=O) groups is 1. The Labute approximate surface area is 165 Å². The number of hydrogen-bond donors (Lipinski definition) is 0. The SMILES string of the molecule is CC(C)COC(=O)OC(/C(=C\c1ccc(Cl)cc1)n1cncn1)C(C)(C)C. The van der Waals surface area contributed by atoms with Gasteiger partial charge in [-0.1, -0.05) is 58.4 Å². The van der Waals surface area contributed by atoms with Gasteiger partial charge in [-0.3, -0.25) is 0 Å². The van der Waals surface area contributed by atoms with Crippen molar-refractivity contribution in [2.45, 2.75) is 40.7 Å². The molecule has 0 aliphatic carbocycles. The summed E-state index contributed by atoms with van der Waals surface area (Å²) in [5.41, 5.74) is 1.17. The zero-order chi connectivity index (χ0) is 20.0. The number of ether oxygens (including phenoxy) is 2. The van der Waals surface area contributed by atoms with Crippen molar-refractivity contribution in [1.82, 2.24) is 14.8 Å². The average molecular weight is 392 g/mol. The molecule has 0 radical (unpaired) electrons. The lowest BCUT2D eigenvalue weighted by molar-refractivity contribution is 0.00121. The number of carbonyl (C=O) groups excluding carboxylic acids is 1. The highest BCUT2D eigenvalue weighted by Crippen LogP contribution is 2.32. The molecule has 0 bridgehead atoms. The Bertz CT molecular complexity index is 763. The van der Waals surface area contributed by atoms with Gasteiger partial charge in [-0.2, -0.15) is 5.10 Å². The van der Waals surface area contributed by atoms with E-state index in [1.54, 1.807) is 23.1 Å². The van der Waals surface area contributed by atoms with E-state index >= 15 is 0 Å². The molecular formula is C20H26ClN3O3. The van der Waals surface area contributed by atoms with E-state index in [0.29, 0.717) is 17.3 Å². The molecule has 27 heavy (non-hydrogen) atoms. The highest BCUT2D eigenvalue weighted by molar-refractivity contribution is 6.30. The van der Waals surface area contributed by atoms with Gasteiger partial charge in [-0.15, -0.1) is 0 Å². The van der Waals surface area contributed by atoms with Gasteiger partial charge in [-0.25, -0.2) is 14.5 Å². The minimum Gasteiger partial charge on any atom is -0.434 e. The molecule has 2 aromatic rings. The van der Waals surface area contributed by atoms with Crippen LogP contribution in [0.3, 0.4) is 0 Å². The molecule has 0 aliphatic heterocycles. The molecule has 1 aromatic carbocycles. The Morgan fingerprint density at radius 3 is 2.44 bits per heavy atom. The lowest BCUT2D eigenvalue weighted by Gasteiger charge is -2.31. The number of halogens is 1. The third kappa shape index (κ3) is 6.40. The Hall–Kier alpha value is -2.34. The van der Waals surface area contributed by atoms with E-state index in [1.807, 2.05) is 52.8 Å². The first kappa shape index (κ1) is 21.0. The second-order valence-corrected chi connectivity index (χ2v) is 8.22. The van der Waals surface area contributed by atoms with Crippen molar-refractivity contribution in [3.05, 3.63) is 47.5 Å². The Morgan fingerprint density at radius 2 is 1.93 bits per heavy atom. The smallest absolute Gasteiger partial charge is 0.434 e. The van der Waals surface area contributed by atoms with Gasteiger partial charge in [0.25, 0.3) is 0 Å². The third-order valence-electron chi connectivity index (χ3n) is 3.67. The molecule has 146 valence electrons. The van der Waals surface area contributed by atoms with Gasteiger partial charge in [0, 0.05) is 10.4 Å². The zero-order valence-corrected chi connectivity index (χ0v) is 17.1. The van der Waals surface area contributed by atoms with Crippen LogP contribution >= 0.6 is 11.6 Å². The summed E-state index contributed by atoms with van der Waals surface area (Å²) in [6.07, 6.45) is 3.60. The highest BCUT2D eigenvalue weighted by atomic mass is 35.5. The molecule has 6 nitrogen and oxygen atoms in total. The molecule has 7 heteroatoms. The van der Waals surface area contributed by atoms with Crippen molar-refractivity contribution in [2.75, 3.05) is 6.61 Å². The summed E-state index contributed by atoms with van der Waals surface area (Å²) in [5, 5.41) is 4.87. The quantitative estimate of drug-likeness (QED) is 0.637. The number of benzene rings is 1. The fraction of sp³-hybridized carbons (Fsp3) is 0.450. The van der Waals surface area contributed by atoms with Crippen LogP contribution < -0.4 is 0 Å². The largest absolute Gasteiger partial charge is 0.508 e. The zero-order valence-electron chi connectivity index (χ0n) is 16.3. The maximum absolute atomic E-state index is 12.2. The van der Waals surface area contributed by atoms with Crippen LogP contribution in [0.1, 0.15) is 40.2 Å². The number of aromatic nitrogens is 3. The lowest BCUT2D eigenvalue weighted by Crippen LogP contribution is -2.35. The molecule has 1 heterocycles. The topological polar surface area (TPSA) is 66.2 Å². The van der Waals surface area contributed by atoms with E-state index in [4.69, 9.17) is 21.1 Å². The number of rotatable bonds is 6. The maximum Gasteiger partial charge on any atom is 0.508 e. The van der Waals surface area contributed by atoms with E-state index in [9.17, 15) is 4.79 Å². The molecule has 0 saturated carbocycles.